The summed E-state index contributed by atoms with van der Waals surface area (Å²) in [6, 6.07) is 15.6. The molecular formula is C20H26N2O3S. The highest BCUT2D eigenvalue weighted by atomic mass is 32.2. The van der Waals surface area contributed by atoms with Crippen molar-refractivity contribution < 1.29 is 13.2 Å². The van der Waals surface area contributed by atoms with Crippen molar-refractivity contribution in [2.24, 2.45) is 0 Å². The molecule has 2 aromatic rings. The maximum atomic E-state index is 12.1. The average Bonchev–Trinajstić information content (AvgIpc) is 2.57. The van der Waals surface area contributed by atoms with Crippen LogP contribution in [0.4, 0.5) is 0 Å². The molecule has 0 aliphatic rings. The van der Waals surface area contributed by atoms with Crippen LogP contribution in [0.1, 0.15) is 28.7 Å². The monoisotopic (exact) mass is 374 g/mol. The Labute approximate surface area is 156 Å². The lowest BCUT2D eigenvalue weighted by atomic mass is 10.1. The van der Waals surface area contributed by atoms with E-state index in [1.165, 1.54) is 10.6 Å². The zero-order valence-electron chi connectivity index (χ0n) is 15.5. The van der Waals surface area contributed by atoms with Crippen molar-refractivity contribution in [3.8, 4) is 0 Å². The Morgan fingerprint density at radius 1 is 1.00 bits per heavy atom. The Morgan fingerprint density at radius 2 is 1.69 bits per heavy atom. The number of nitrogens with one attached hydrogen (secondary N) is 1. The molecule has 2 aromatic carbocycles. The third kappa shape index (κ3) is 6.61. The van der Waals surface area contributed by atoms with Gasteiger partial charge in [0.2, 0.25) is 15.9 Å². The van der Waals surface area contributed by atoms with Crippen molar-refractivity contribution >= 4 is 15.9 Å². The van der Waals surface area contributed by atoms with Crippen LogP contribution in [-0.4, -0.2) is 31.4 Å². The molecule has 5 nitrogen and oxygen atoms in total. The van der Waals surface area contributed by atoms with Gasteiger partial charge >= 0.3 is 0 Å². The van der Waals surface area contributed by atoms with Crippen molar-refractivity contribution in [1.82, 2.24) is 9.62 Å². The number of carbonyl (C=O) groups is 1. The van der Waals surface area contributed by atoms with Gasteiger partial charge in [-0.3, -0.25) is 4.79 Å². The minimum absolute atomic E-state index is 0.130. The Kier molecular flexibility index (Phi) is 6.94. The second-order valence-corrected chi connectivity index (χ2v) is 8.58. The molecule has 0 aromatic heterocycles. The maximum absolute atomic E-state index is 12.1. The Balaban J connectivity index is 1.90. The van der Waals surface area contributed by atoms with Crippen LogP contribution < -0.4 is 5.32 Å². The van der Waals surface area contributed by atoms with Crippen LogP contribution in [-0.2, 0) is 27.9 Å². The molecule has 0 saturated carbocycles. The van der Waals surface area contributed by atoms with Crippen LogP contribution in [0.5, 0.6) is 0 Å². The second kappa shape index (κ2) is 8.96. The standard InChI is InChI=1S/C20H26N2O3S/c1-16-7-9-18(10-8-16)15-22(26(3,24)25)12-11-20(23)21-14-19-6-4-5-17(2)13-19/h4-10,13H,11-12,14-15H2,1-3H3,(H,21,23). The first-order valence-corrected chi connectivity index (χ1v) is 10.4. The number of benzene rings is 2. The first kappa shape index (κ1) is 20.1. The van der Waals surface area contributed by atoms with Gasteiger partial charge in [-0.2, -0.15) is 4.31 Å². The molecule has 0 aliphatic carbocycles. The number of hydrogen-bond donors (Lipinski definition) is 1. The molecule has 0 heterocycles. The van der Waals surface area contributed by atoms with E-state index in [0.29, 0.717) is 6.54 Å². The van der Waals surface area contributed by atoms with Gasteiger partial charge in [-0.05, 0) is 25.0 Å². The molecule has 1 N–H and O–H groups in total. The highest BCUT2D eigenvalue weighted by molar-refractivity contribution is 7.88. The summed E-state index contributed by atoms with van der Waals surface area (Å²) >= 11 is 0. The summed E-state index contributed by atoms with van der Waals surface area (Å²) in [7, 11) is -3.39. The molecule has 0 radical (unpaired) electrons. The van der Waals surface area contributed by atoms with Crippen LogP contribution >= 0.6 is 0 Å². The highest BCUT2D eigenvalue weighted by Crippen LogP contribution is 2.11. The Morgan fingerprint density at radius 3 is 2.31 bits per heavy atom. The predicted molar refractivity (Wildman–Crippen MR) is 104 cm³/mol. The maximum Gasteiger partial charge on any atom is 0.221 e. The van der Waals surface area contributed by atoms with Crippen molar-refractivity contribution in [3.05, 3.63) is 70.8 Å². The third-order valence-electron chi connectivity index (χ3n) is 4.11. The van der Waals surface area contributed by atoms with E-state index < -0.39 is 10.0 Å². The first-order chi connectivity index (χ1) is 12.2. The van der Waals surface area contributed by atoms with Gasteiger partial charge in [0.25, 0.3) is 0 Å². The fourth-order valence-corrected chi connectivity index (χ4v) is 3.40. The topological polar surface area (TPSA) is 66.5 Å². The summed E-state index contributed by atoms with van der Waals surface area (Å²) in [4.78, 5) is 12.1. The SMILES string of the molecule is Cc1ccc(CN(CCC(=O)NCc2cccc(C)c2)S(C)(=O)=O)cc1. The molecule has 0 fully saturated rings. The first-order valence-electron chi connectivity index (χ1n) is 8.57. The molecule has 0 spiro atoms. The molecule has 0 atom stereocenters. The fourth-order valence-electron chi connectivity index (χ4n) is 2.60. The summed E-state index contributed by atoms with van der Waals surface area (Å²) in [5.74, 6) is -0.163. The zero-order chi connectivity index (χ0) is 19.2. The molecule has 0 saturated heterocycles. The van der Waals surface area contributed by atoms with Gasteiger partial charge in [-0.15, -0.1) is 0 Å². The van der Waals surface area contributed by atoms with Gasteiger partial charge in [-0.25, -0.2) is 8.42 Å². The van der Waals surface area contributed by atoms with E-state index >= 15 is 0 Å². The van der Waals surface area contributed by atoms with Crippen LogP contribution in [0.15, 0.2) is 48.5 Å². The van der Waals surface area contributed by atoms with E-state index in [4.69, 9.17) is 0 Å². The summed E-state index contributed by atoms with van der Waals surface area (Å²) in [6.07, 6.45) is 1.30. The summed E-state index contributed by atoms with van der Waals surface area (Å²) in [5, 5.41) is 2.84. The largest absolute Gasteiger partial charge is 0.352 e. The molecule has 140 valence electrons. The fraction of sp³-hybridized carbons (Fsp3) is 0.350. The smallest absolute Gasteiger partial charge is 0.221 e. The van der Waals surface area contributed by atoms with E-state index in [9.17, 15) is 13.2 Å². The second-order valence-electron chi connectivity index (χ2n) is 6.60. The lowest BCUT2D eigenvalue weighted by molar-refractivity contribution is -0.121. The van der Waals surface area contributed by atoms with Crippen molar-refractivity contribution in [3.63, 3.8) is 0 Å². The number of amides is 1. The highest BCUT2D eigenvalue weighted by Gasteiger charge is 2.18. The minimum atomic E-state index is -3.39. The van der Waals surface area contributed by atoms with Gasteiger partial charge in [0.1, 0.15) is 0 Å². The molecule has 1 amide bonds. The van der Waals surface area contributed by atoms with Gasteiger partial charge in [0.05, 0.1) is 6.26 Å². The quantitative estimate of drug-likeness (QED) is 0.773. The summed E-state index contributed by atoms with van der Waals surface area (Å²) in [5.41, 5.74) is 4.19. The third-order valence-corrected chi connectivity index (χ3v) is 5.36. The Hall–Kier alpha value is -2.18. The van der Waals surface area contributed by atoms with Crippen LogP contribution in [0.2, 0.25) is 0 Å². The van der Waals surface area contributed by atoms with Crippen molar-refractivity contribution in [2.75, 3.05) is 12.8 Å². The van der Waals surface area contributed by atoms with Gasteiger partial charge in [0.15, 0.2) is 0 Å². The molecule has 2 rings (SSSR count). The molecule has 26 heavy (non-hydrogen) atoms. The molecule has 0 bridgehead atoms. The number of nitrogens with zero attached hydrogens (tertiary/aromatic N) is 1. The number of rotatable bonds is 8. The average molecular weight is 375 g/mol. The minimum Gasteiger partial charge on any atom is -0.352 e. The number of sulfonamides is 1. The van der Waals surface area contributed by atoms with E-state index in [1.54, 1.807) is 0 Å². The summed E-state index contributed by atoms with van der Waals surface area (Å²) in [6.45, 7) is 4.85. The van der Waals surface area contributed by atoms with E-state index in [1.807, 2.05) is 62.4 Å². The van der Waals surface area contributed by atoms with Gasteiger partial charge < -0.3 is 5.32 Å². The van der Waals surface area contributed by atoms with Crippen LogP contribution in [0.25, 0.3) is 0 Å². The molecule has 0 unspecified atom stereocenters. The lowest BCUT2D eigenvalue weighted by Crippen LogP contribution is -2.34. The van der Waals surface area contributed by atoms with Gasteiger partial charge in [0, 0.05) is 26.1 Å². The van der Waals surface area contributed by atoms with E-state index in [0.717, 1.165) is 22.3 Å². The number of carbonyl (C=O) groups excluding carboxylic acids is 1. The van der Waals surface area contributed by atoms with Crippen molar-refractivity contribution in [1.29, 1.82) is 0 Å². The predicted octanol–water partition coefficient (Wildman–Crippen LogP) is 2.77. The van der Waals surface area contributed by atoms with Gasteiger partial charge in [-0.1, -0.05) is 59.7 Å². The van der Waals surface area contributed by atoms with Crippen LogP contribution in [0.3, 0.4) is 0 Å². The van der Waals surface area contributed by atoms with Crippen molar-refractivity contribution in [2.45, 2.75) is 33.4 Å². The number of hydrogen-bond acceptors (Lipinski definition) is 3. The van der Waals surface area contributed by atoms with Crippen LogP contribution in [0, 0.1) is 13.8 Å². The normalized spacial score (nSPS) is 11.5. The van der Waals surface area contributed by atoms with E-state index in [2.05, 4.69) is 5.32 Å². The number of aryl methyl sites for hydroxylation is 2. The zero-order valence-corrected chi connectivity index (χ0v) is 16.3. The van der Waals surface area contributed by atoms with E-state index in [-0.39, 0.29) is 25.4 Å². The molecule has 6 heteroatoms. The summed E-state index contributed by atoms with van der Waals surface area (Å²) < 4.78 is 25.4. The molecular weight excluding hydrogens is 348 g/mol. The Bertz CT molecular complexity index is 846. The lowest BCUT2D eigenvalue weighted by Gasteiger charge is -2.20. The molecule has 0 aliphatic heterocycles.